The van der Waals surface area contributed by atoms with E-state index in [2.05, 4.69) is 22.3 Å². The summed E-state index contributed by atoms with van der Waals surface area (Å²) in [6.07, 6.45) is 3.37. The molecule has 5 heteroatoms. The van der Waals surface area contributed by atoms with E-state index in [1.165, 1.54) is 5.56 Å². The molecule has 0 N–H and O–H groups in total. The molecule has 0 atom stereocenters. The van der Waals surface area contributed by atoms with Gasteiger partial charge < -0.3 is 9.42 Å². The van der Waals surface area contributed by atoms with Crippen LogP contribution in [0.2, 0.25) is 0 Å². The van der Waals surface area contributed by atoms with Crippen molar-refractivity contribution in [1.29, 1.82) is 0 Å². The third-order valence-corrected chi connectivity index (χ3v) is 4.12. The second-order valence-electron chi connectivity index (χ2n) is 5.64. The number of hydrogen-bond donors (Lipinski definition) is 0. The number of aromatic nitrogens is 2. The molecule has 3 heterocycles. The maximum absolute atomic E-state index is 12.4. The van der Waals surface area contributed by atoms with Gasteiger partial charge in [-0.25, -0.2) is 0 Å². The van der Waals surface area contributed by atoms with Gasteiger partial charge >= 0.3 is 0 Å². The Morgan fingerprint density at radius 1 is 1.13 bits per heavy atom. The van der Waals surface area contributed by atoms with Gasteiger partial charge in [-0.05, 0) is 17.7 Å². The molecule has 4 rings (SSSR count). The van der Waals surface area contributed by atoms with Crippen molar-refractivity contribution in [1.82, 2.24) is 15.0 Å². The molecule has 0 aliphatic carbocycles. The second-order valence-corrected chi connectivity index (χ2v) is 5.64. The molecule has 23 heavy (non-hydrogen) atoms. The number of likely N-dealkylation sites (tertiary alicyclic amines) is 1. The molecular formula is C18H15N3O2. The summed E-state index contributed by atoms with van der Waals surface area (Å²) in [6.45, 7) is 1.44. The number of carbonyl (C=O) groups is 1. The minimum Gasteiger partial charge on any atom is -0.355 e. The summed E-state index contributed by atoms with van der Waals surface area (Å²) in [5, 5.41) is 3.90. The number of pyridine rings is 1. The first-order chi connectivity index (χ1) is 11.3. The van der Waals surface area contributed by atoms with Crippen molar-refractivity contribution in [3.8, 4) is 11.3 Å². The van der Waals surface area contributed by atoms with Crippen LogP contribution < -0.4 is 0 Å². The van der Waals surface area contributed by atoms with E-state index < -0.39 is 0 Å². The van der Waals surface area contributed by atoms with Crippen LogP contribution in [0.5, 0.6) is 0 Å². The van der Waals surface area contributed by atoms with E-state index in [0.717, 1.165) is 18.7 Å². The van der Waals surface area contributed by atoms with Crippen LogP contribution in [0.3, 0.4) is 0 Å². The Morgan fingerprint density at radius 3 is 2.70 bits per heavy atom. The molecule has 0 saturated carbocycles. The number of amides is 1. The third kappa shape index (κ3) is 2.61. The standard InChI is InChI=1S/C18H15N3O2/c22-18(21-11-15(12-21)13-5-2-1-3-6-13)16-9-17(23-20-16)14-7-4-8-19-10-14/h1-10,15H,11-12H2. The van der Waals surface area contributed by atoms with Gasteiger partial charge in [0.05, 0.1) is 0 Å². The molecule has 114 valence electrons. The summed E-state index contributed by atoms with van der Waals surface area (Å²) in [5.41, 5.74) is 2.42. The first-order valence-corrected chi connectivity index (χ1v) is 7.52. The minimum atomic E-state index is -0.0870. The van der Waals surface area contributed by atoms with Crippen LogP contribution in [-0.2, 0) is 0 Å². The molecule has 1 aliphatic rings. The molecule has 0 bridgehead atoms. The topological polar surface area (TPSA) is 59.2 Å². The largest absolute Gasteiger partial charge is 0.355 e. The lowest BCUT2D eigenvalue weighted by Crippen LogP contribution is -2.48. The van der Waals surface area contributed by atoms with Crippen molar-refractivity contribution < 1.29 is 9.32 Å². The van der Waals surface area contributed by atoms with Crippen molar-refractivity contribution in [2.75, 3.05) is 13.1 Å². The summed E-state index contributed by atoms with van der Waals surface area (Å²) >= 11 is 0. The number of hydrogen-bond acceptors (Lipinski definition) is 4. The van der Waals surface area contributed by atoms with Crippen molar-refractivity contribution in [3.05, 3.63) is 72.2 Å². The molecule has 1 saturated heterocycles. The lowest BCUT2D eigenvalue weighted by molar-refractivity contribution is 0.0591. The molecule has 3 aromatic rings. The van der Waals surface area contributed by atoms with E-state index in [1.807, 2.05) is 30.3 Å². The van der Waals surface area contributed by atoms with Crippen molar-refractivity contribution >= 4 is 5.91 Å². The van der Waals surface area contributed by atoms with Gasteiger partial charge in [-0.2, -0.15) is 0 Å². The molecule has 5 nitrogen and oxygen atoms in total. The molecule has 2 aromatic heterocycles. The Morgan fingerprint density at radius 2 is 1.96 bits per heavy atom. The minimum absolute atomic E-state index is 0.0870. The van der Waals surface area contributed by atoms with Gasteiger partial charge in [0.2, 0.25) is 0 Å². The van der Waals surface area contributed by atoms with Crippen LogP contribution in [0.4, 0.5) is 0 Å². The Labute approximate surface area is 133 Å². The highest BCUT2D eigenvalue weighted by atomic mass is 16.5. The Kier molecular flexibility index (Phi) is 3.38. The van der Waals surface area contributed by atoms with Gasteiger partial charge in [-0.1, -0.05) is 35.5 Å². The molecular weight excluding hydrogens is 290 g/mol. The van der Waals surface area contributed by atoms with Crippen molar-refractivity contribution in [3.63, 3.8) is 0 Å². The van der Waals surface area contributed by atoms with Crippen molar-refractivity contribution in [2.24, 2.45) is 0 Å². The SMILES string of the molecule is O=C(c1cc(-c2cccnc2)on1)N1CC(c2ccccc2)C1. The van der Waals surface area contributed by atoms with Crippen LogP contribution in [0.15, 0.2) is 65.4 Å². The third-order valence-electron chi connectivity index (χ3n) is 4.12. The van der Waals surface area contributed by atoms with Gasteiger partial charge in [0.15, 0.2) is 11.5 Å². The summed E-state index contributed by atoms with van der Waals surface area (Å²) in [6, 6.07) is 15.6. The lowest BCUT2D eigenvalue weighted by Gasteiger charge is -2.39. The van der Waals surface area contributed by atoms with E-state index >= 15 is 0 Å². The molecule has 0 radical (unpaired) electrons. The highest BCUT2D eigenvalue weighted by Gasteiger charge is 2.33. The van der Waals surface area contributed by atoms with Crippen LogP contribution in [-0.4, -0.2) is 34.0 Å². The smallest absolute Gasteiger partial charge is 0.276 e. The molecule has 0 unspecified atom stereocenters. The predicted octanol–water partition coefficient (Wildman–Crippen LogP) is 2.98. The zero-order valence-electron chi connectivity index (χ0n) is 12.4. The van der Waals surface area contributed by atoms with Crippen LogP contribution in [0, 0.1) is 0 Å². The van der Waals surface area contributed by atoms with Gasteiger partial charge in [-0.3, -0.25) is 9.78 Å². The molecule has 1 aromatic carbocycles. The van der Waals surface area contributed by atoms with Crippen LogP contribution in [0.1, 0.15) is 22.0 Å². The highest BCUT2D eigenvalue weighted by Crippen LogP contribution is 2.28. The number of carbonyl (C=O) groups excluding carboxylic acids is 1. The molecule has 0 spiro atoms. The Hall–Kier alpha value is -2.95. The molecule has 1 fully saturated rings. The first-order valence-electron chi connectivity index (χ1n) is 7.52. The van der Waals surface area contributed by atoms with Gasteiger partial charge in [-0.15, -0.1) is 0 Å². The first kappa shape index (κ1) is 13.7. The van der Waals surface area contributed by atoms with Crippen LogP contribution in [0.25, 0.3) is 11.3 Å². The average Bonchev–Trinajstić information content (AvgIpc) is 3.05. The maximum Gasteiger partial charge on any atom is 0.276 e. The number of rotatable bonds is 3. The lowest BCUT2D eigenvalue weighted by atomic mass is 9.91. The fourth-order valence-corrected chi connectivity index (χ4v) is 2.76. The zero-order chi connectivity index (χ0) is 15.6. The molecule has 1 aliphatic heterocycles. The van der Waals surface area contributed by atoms with E-state index in [4.69, 9.17) is 4.52 Å². The van der Waals surface area contributed by atoms with E-state index in [0.29, 0.717) is 17.4 Å². The Bertz CT molecular complexity index is 809. The monoisotopic (exact) mass is 305 g/mol. The van der Waals surface area contributed by atoms with E-state index in [1.54, 1.807) is 23.4 Å². The highest BCUT2D eigenvalue weighted by molar-refractivity contribution is 5.93. The van der Waals surface area contributed by atoms with E-state index in [-0.39, 0.29) is 5.91 Å². The van der Waals surface area contributed by atoms with Crippen LogP contribution >= 0.6 is 0 Å². The normalized spacial score (nSPS) is 14.5. The summed E-state index contributed by atoms with van der Waals surface area (Å²) in [7, 11) is 0. The predicted molar refractivity (Wildman–Crippen MR) is 84.8 cm³/mol. The number of nitrogens with zero attached hydrogens (tertiary/aromatic N) is 3. The maximum atomic E-state index is 12.4. The van der Waals surface area contributed by atoms with Crippen molar-refractivity contribution in [2.45, 2.75) is 5.92 Å². The second kappa shape index (κ2) is 5.68. The molecule has 1 amide bonds. The Balaban J connectivity index is 1.44. The fraction of sp³-hybridized carbons (Fsp3) is 0.167. The van der Waals surface area contributed by atoms with E-state index in [9.17, 15) is 4.79 Å². The van der Waals surface area contributed by atoms with Gasteiger partial charge in [0.1, 0.15) is 0 Å². The quantitative estimate of drug-likeness (QED) is 0.746. The average molecular weight is 305 g/mol. The van der Waals surface area contributed by atoms with Gasteiger partial charge in [0, 0.05) is 43.0 Å². The number of benzene rings is 1. The van der Waals surface area contributed by atoms with Gasteiger partial charge in [0.25, 0.3) is 5.91 Å². The summed E-state index contributed by atoms with van der Waals surface area (Å²) in [5.74, 6) is 0.877. The summed E-state index contributed by atoms with van der Waals surface area (Å²) < 4.78 is 5.26. The zero-order valence-corrected chi connectivity index (χ0v) is 12.4. The summed E-state index contributed by atoms with van der Waals surface area (Å²) in [4.78, 5) is 18.3. The fourth-order valence-electron chi connectivity index (χ4n) is 2.76.